The van der Waals surface area contributed by atoms with E-state index in [0.29, 0.717) is 112 Å². The van der Waals surface area contributed by atoms with Gasteiger partial charge in [0.15, 0.2) is 35.0 Å². The molecular weight excluding hydrogens is 1170 g/mol. The number of aliphatic hydroxyl groups is 1. The van der Waals surface area contributed by atoms with Gasteiger partial charge in [0.05, 0.1) is 109 Å². The van der Waals surface area contributed by atoms with E-state index in [4.69, 9.17) is 42.6 Å². The quantitative estimate of drug-likeness (QED) is 0.0402. The summed E-state index contributed by atoms with van der Waals surface area (Å²) in [7, 11) is 2.93. The fourth-order valence-electron chi connectivity index (χ4n) is 10.5. The van der Waals surface area contributed by atoms with E-state index in [1.807, 2.05) is 65.1 Å². The summed E-state index contributed by atoms with van der Waals surface area (Å²) in [5.41, 5.74) is 3.92. The molecule has 0 saturated heterocycles. The normalized spacial score (nSPS) is 16.5. The van der Waals surface area contributed by atoms with Crippen molar-refractivity contribution in [1.29, 1.82) is 0 Å². The standard InChI is InChI=1S/C68H85N5O17.CH4/c1-9-14-48-32-50-40-69-56-38-62(60(82-7)36-54(56)65(78)71(50)41-48)88-23-13-24-89-63-39-57-55(37-61(63)83-8)66(79)72-42-49(15-10-2)33-58(72)67(80)73(57)68(81)90-43-47-19-17-46(18-20-47)34-59(76)45(6)70-64(77)53(44(4)5)35-52(75)21-25-85-27-29-87-31-30-86-28-26-84-22-12-16-51(74)11-3;/h9-10,14-15,17-20,36-42,44-45,50,53,58H,11-13,16,21-35,43H2,1-8H3,(H,70,77);1H4/p+1/b14-9+,15-10+;/t45-,50-,53-,58-;/m0./s1. The maximum absolute atomic E-state index is 14.6. The largest absolute Gasteiger partial charge is 0.493 e. The van der Waals surface area contributed by atoms with Gasteiger partial charge in [0, 0.05) is 87.2 Å². The first kappa shape index (κ1) is 71.8. The average molecular weight is 1260 g/mol. The topological polar surface area (TPSA) is 257 Å². The zero-order valence-corrected chi connectivity index (χ0v) is 53.0. The highest BCUT2D eigenvalue weighted by Gasteiger charge is 2.48. The molecular formula is C69H90N5O17+. The van der Waals surface area contributed by atoms with Crippen LogP contribution in [-0.4, -0.2) is 166 Å². The number of amides is 4. The second kappa shape index (κ2) is 35.9. The van der Waals surface area contributed by atoms with Crippen LogP contribution < -0.4 is 29.2 Å². The molecule has 0 unspecified atom stereocenters. The van der Waals surface area contributed by atoms with Crippen molar-refractivity contribution in [2.75, 3.05) is 85.2 Å². The number of carbonyl (C=O) groups is 7. The summed E-state index contributed by atoms with van der Waals surface area (Å²) < 4.78 is 53.1. The maximum Gasteiger partial charge on any atom is 0.421 e. The summed E-state index contributed by atoms with van der Waals surface area (Å²) in [6, 6.07) is 11.0. The molecule has 4 amide bonds. The first-order chi connectivity index (χ1) is 43.5. The number of allylic oxidation sites excluding steroid dienone is 4. The van der Waals surface area contributed by atoms with E-state index in [9.17, 15) is 38.7 Å². The van der Waals surface area contributed by atoms with Gasteiger partial charge >= 0.3 is 17.9 Å². The number of aliphatic hydroxyl groups excluding tert-OH is 1. The zero-order valence-electron chi connectivity index (χ0n) is 53.0. The number of aliphatic imine (C=N–C) groups is 1. The lowest BCUT2D eigenvalue weighted by molar-refractivity contribution is -0.482. The number of nitrogens with one attached hydrogen (secondary N) is 1. The Morgan fingerprint density at radius 1 is 0.725 bits per heavy atom. The first-order valence-electron chi connectivity index (χ1n) is 30.8. The number of rotatable bonds is 37. The van der Waals surface area contributed by atoms with Crippen LogP contribution in [0.4, 0.5) is 16.2 Å². The number of hydrogen-bond acceptors (Lipinski definition) is 17. The molecule has 2 N–H and O–H groups in total. The van der Waals surface area contributed by atoms with Crippen molar-refractivity contribution in [1.82, 2.24) is 10.2 Å². The predicted octanol–water partition coefficient (Wildman–Crippen LogP) is 9.87. The molecule has 0 bridgehead atoms. The number of ether oxygens (including phenoxy) is 9. The smallest absolute Gasteiger partial charge is 0.421 e. The molecule has 4 heterocycles. The van der Waals surface area contributed by atoms with Crippen LogP contribution in [0.3, 0.4) is 0 Å². The molecule has 0 aliphatic carbocycles. The van der Waals surface area contributed by atoms with E-state index >= 15 is 0 Å². The average Bonchev–Trinajstić information content (AvgIpc) is 1.65. The van der Waals surface area contributed by atoms with Crippen LogP contribution in [0.25, 0.3) is 0 Å². The van der Waals surface area contributed by atoms with Crippen LogP contribution in [0.15, 0.2) is 101 Å². The summed E-state index contributed by atoms with van der Waals surface area (Å²) in [6.45, 7) is 13.9. The van der Waals surface area contributed by atoms with E-state index in [1.165, 1.54) is 30.9 Å². The number of Topliss-reactive ketones (excluding diaryl/α,β-unsaturated/α-hetero) is 3. The summed E-state index contributed by atoms with van der Waals surface area (Å²) in [6.07, 6.45) is 14.9. The Hall–Kier alpha value is -8.31. The van der Waals surface area contributed by atoms with Crippen LogP contribution in [0.2, 0.25) is 0 Å². The highest BCUT2D eigenvalue weighted by molar-refractivity contribution is 6.18. The fraction of sp³-hybridized carbons (Fsp3) is 0.493. The minimum atomic E-state index is -1.01. The second-order valence-corrected chi connectivity index (χ2v) is 22.4. The maximum atomic E-state index is 14.6. The third-order valence-electron chi connectivity index (χ3n) is 15.5. The molecule has 3 aromatic carbocycles. The highest BCUT2D eigenvalue weighted by atomic mass is 16.6. The molecule has 91 heavy (non-hydrogen) atoms. The Labute approximate surface area is 533 Å². The number of carbonyl (C=O) groups excluding carboxylic acids is 7. The Balaban J connectivity index is 0.0000132. The molecule has 0 fully saturated rings. The summed E-state index contributed by atoms with van der Waals surface area (Å²) >= 11 is 0. The van der Waals surface area contributed by atoms with Gasteiger partial charge in [0.25, 0.3) is 5.91 Å². The lowest BCUT2D eigenvalue weighted by Crippen LogP contribution is -2.45. The van der Waals surface area contributed by atoms with Crippen molar-refractivity contribution in [2.45, 2.75) is 131 Å². The number of fused-ring (bicyclic) bond motifs is 4. The first-order valence-corrected chi connectivity index (χ1v) is 30.8. The van der Waals surface area contributed by atoms with Gasteiger partial charge in [-0.25, -0.2) is 9.69 Å². The molecule has 3 aromatic rings. The third kappa shape index (κ3) is 19.8. The van der Waals surface area contributed by atoms with Crippen molar-refractivity contribution >= 4 is 64.7 Å². The van der Waals surface area contributed by atoms with Gasteiger partial charge in [-0.3, -0.25) is 33.8 Å². The molecule has 0 aromatic heterocycles. The SMILES string of the molecule is C.C/C=C/C1=CN2C(=O)c3cc(OC)c(OCCCOc4cc5c(cc4OC)C(O)=[N+]4C=C(/C=C/C)C[C@H]4C(=O)N5C(=O)OCc4ccc(CC(=O)[C@H](C)NC(=O)[C@@H](CC(=O)CCOCCOCCOCCOCCCC(=O)CC)C(C)C)cc4)cc3N=C[C@@H]2C1. The van der Waals surface area contributed by atoms with Crippen molar-refractivity contribution in [3.05, 3.63) is 119 Å². The molecule has 7 rings (SSSR count). The highest BCUT2D eigenvalue weighted by Crippen LogP contribution is 2.41. The summed E-state index contributed by atoms with van der Waals surface area (Å²) in [5, 5.41) is 14.7. The van der Waals surface area contributed by atoms with Gasteiger partial charge in [-0.15, -0.1) is 0 Å². The van der Waals surface area contributed by atoms with E-state index in [2.05, 4.69) is 10.3 Å². The van der Waals surface area contributed by atoms with Crippen molar-refractivity contribution in [3.63, 3.8) is 0 Å². The van der Waals surface area contributed by atoms with Gasteiger partial charge in [-0.05, 0) is 62.3 Å². The number of imide groups is 1. The van der Waals surface area contributed by atoms with Crippen molar-refractivity contribution < 1.29 is 85.9 Å². The number of anilines is 1. The molecule has 4 aliphatic heterocycles. The zero-order chi connectivity index (χ0) is 64.7. The van der Waals surface area contributed by atoms with Crippen LogP contribution in [0, 0.1) is 11.8 Å². The number of methoxy groups -OCH3 is 2. The van der Waals surface area contributed by atoms with Crippen LogP contribution in [0.5, 0.6) is 23.0 Å². The van der Waals surface area contributed by atoms with Crippen LogP contribution in [-0.2, 0) is 60.7 Å². The molecule has 4 aliphatic rings. The summed E-state index contributed by atoms with van der Waals surface area (Å²) in [5.74, 6) is -1.40. The minimum absolute atomic E-state index is 0. The third-order valence-corrected chi connectivity index (χ3v) is 15.5. The number of hydrogen-bond donors (Lipinski definition) is 2. The fourth-order valence-corrected chi connectivity index (χ4v) is 10.5. The molecule has 22 nitrogen and oxygen atoms in total. The Morgan fingerprint density at radius 2 is 1.33 bits per heavy atom. The van der Waals surface area contributed by atoms with Crippen LogP contribution in [0.1, 0.15) is 127 Å². The van der Waals surface area contributed by atoms with E-state index in [-0.39, 0.29) is 123 Å². The lowest BCUT2D eigenvalue weighted by Gasteiger charge is -2.22. The van der Waals surface area contributed by atoms with E-state index < -0.39 is 35.9 Å². The van der Waals surface area contributed by atoms with Gasteiger partial charge in [-0.2, -0.15) is 4.58 Å². The minimum Gasteiger partial charge on any atom is -0.493 e. The molecule has 0 spiro atoms. The number of nitrogens with zero attached hydrogens (tertiary/aromatic N) is 4. The van der Waals surface area contributed by atoms with E-state index in [1.54, 1.807) is 60.6 Å². The number of ketones is 3. The lowest BCUT2D eigenvalue weighted by atomic mass is 9.88. The summed E-state index contributed by atoms with van der Waals surface area (Å²) in [4.78, 5) is 101. The van der Waals surface area contributed by atoms with Crippen LogP contribution >= 0.6 is 0 Å². The van der Waals surface area contributed by atoms with E-state index in [0.717, 1.165) is 16.0 Å². The Morgan fingerprint density at radius 3 is 1.96 bits per heavy atom. The van der Waals surface area contributed by atoms with Crippen molar-refractivity contribution in [2.24, 2.45) is 16.8 Å². The molecule has 0 radical (unpaired) electrons. The van der Waals surface area contributed by atoms with Gasteiger partial charge in [-0.1, -0.05) is 76.8 Å². The number of benzene rings is 3. The molecule has 0 saturated carbocycles. The van der Waals surface area contributed by atoms with Gasteiger partial charge < -0.3 is 58.0 Å². The van der Waals surface area contributed by atoms with Crippen molar-refractivity contribution in [3.8, 4) is 23.0 Å². The molecule has 492 valence electrons. The van der Waals surface area contributed by atoms with Gasteiger partial charge in [0.1, 0.15) is 23.7 Å². The second-order valence-electron chi connectivity index (χ2n) is 22.4. The monoisotopic (exact) mass is 1260 g/mol. The molecule has 4 atom stereocenters. The predicted molar refractivity (Wildman–Crippen MR) is 343 cm³/mol. The Kier molecular flexibility index (Phi) is 28.3. The van der Waals surface area contributed by atoms with Gasteiger partial charge in [0.2, 0.25) is 11.9 Å². The Bertz CT molecular complexity index is 3240. The molecule has 22 heteroatoms.